The maximum Gasteiger partial charge on any atom is 0.416 e. The number of hydrogen-bond acceptors (Lipinski definition) is 5. The number of likely N-dealkylation sites (N-methyl/N-ethyl adjacent to an activating group) is 1. The molecule has 0 saturated carbocycles. The number of fused-ring (bicyclic) bond motifs is 3. The first kappa shape index (κ1) is 16.6. The van der Waals surface area contributed by atoms with Crippen molar-refractivity contribution in [1.29, 1.82) is 0 Å². The molecular weight excluding hydrogens is 308 g/mol. The minimum atomic E-state index is -0.745. The van der Waals surface area contributed by atoms with Crippen LogP contribution in [0.1, 0.15) is 31.4 Å². The Morgan fingerprint density at radius 1 is 1.38 bits per heavy atom. The second-order valence-corrected chi connectivity index (χ2v) is 6.55. The van der Waals surface area contributed by atoms with E-state index < -0.39 is 12.2 Å². The average Bonchev–Trinajstić information content (AvgIpc) is 3.02. The topological polar surface area (TPSA) is 82.7 Å². The van der Waals surface area contributed by atoms with Crippen molar-refractivity contribution >= 4 is 17.9 Å². The Balaban J connectivity index is 1.67. The van der Waals surface area contributed by atoms with Crippen LogP contribution in [0.15, 0.2) is 18.2 Å². The van der Waals surface area contributed by atoms with Crippen LogP contribution < -0.4 is 20.9 Å². The largest absolute Gasteiger partial charge is 0.416 e. The summed E-state index contributed by atoms with van der Waals surface area (Å²) >= 11 is 0. The van der Waals surface area contributed by atoms with Gasteiger partial charge in [-0.15, -0.1) is 0 Å². The van der Waals surface area contributed by atoms with Crippen LogP contribution in [0.3, 0.4) is 0 Å². The van der Waals surface area contributed by atoms with Gasteiger partial charge in [0.2, 0.25) is 0 Å². The molecule has 130 valence electrons. The van der Waals surface area contributed by atoms with Crippen LogP contribution in [0, 0.1) is 0 Å². The van der Waals surface area contributed by atoms with E-state index >= 15 is 0 Å². The number of nitrogens with zero attached hydrogens (tertiary/aromatic N) is 1. The zero-order chi connectivity index (χ0) is 17.3. The lowest BCUT2D eigenvalue weighted by Crippen LogP contribution is -2.44. The van der Waals surface area contributed by atoms with Gasteiger partial charge in [-0.25, -0.2) is 9.59 Å². The van der Waals surface area contributed by atoms with Crippen LogP contribution in [-0.2, 0) is 16.7 Å². The van der Waals surface area contributed by atoms with E-state index in [1.807, 2.05) is 6.07 Å². The Bertz CT molecular complexity index is 663. The highest BCUT2D eigenvalue weighted by Crippen LogP contribution is 2.48. The predicted octanol–water partition coefficient (Wildman–Crippen LogP) is 1.67. The molecule has 2 atom stereocenters. The fourth-order valence-electron chi connectivity index (χ4n) is 3.75. The van der Waals surface area contributed by atoms with Gasteiger partial charge in [-0.1, -0.05) is 19.1 Å². The minimum absolute atomic E-state index is 0.0849. The number of amides is 2. The molecule has 0 bridgehead atoms. The lowest BCUT2D eigenvalue weighted by molar-refractivity contribution is 0.150. The second kappa shape index (κ2) is 6.32. The van der Waals surface area contributed by atoms with Crippen LogP contribution in [0.2, 0.25) is 0 Å². The predicted molar refractivity (Wildman–Crippen MR) is 91.0 cm³/mol. The van der Waals surface area contributed by atoms with Gasteiger partial charge in [-0.3, -0.25) is 5.32 Å². The van der Waals surface area contributed by atoms with Crippen molar-refractivity contribution in [2.24, 2.45) is 0 Å². The van der Waals surface area contributed by atoms with Gasteiger partial charge < -0.3 is 20.3 Å². The van der Waals surface area contributed by atoms with Crippen molar-refractivity contribution < 1.29 is 14.3 Å². The normalized spacial score (nSPS) is 24.3. The molecule has 3 N–H and O–H groups in total. The minimum Gasteiger partial charge on any atom is -0.359 e. The van der Waals surface area contributed by atoms with Gasteiger partial charge in [-0.2, -0.15) is 0 Å². The second-order valence-electron chi connectivity index (χ2n) is 6.55. The molecule has 7 nitrogen and oxygen atoms in total. The molecule has 0 aliphatic carbocycles. The third kappa shape index (κ3) is 2.80. The van der Waals surface area contributed by atoms with Crippen molar-refractivity contribution in [3.63, 3.8) is 0 Å². The molecule has 1 aromatic rings. The zero-order valence-electron chi connectivity index (χ0n) is 14.3. The molecule has 1 saturated heterocycles. The van der Waals surface area contributed by atoms with Crippen molar-refractivity contribution in [2.75, 3.05) is 25.0 Å². The number of carbonyl (C=O) groups excluding carboxylic acids is 2. The summed E-state index contributed by atoms with van der Waals surface area (Å²) in [6.07, 6.45) is -0.0768. The number of hydrogen-bond donors (Lipinski definition) is 3. The van der Waals surface area contributed by atoms with Crippen molar-refractivity contribution in [1.82, 2.24) is 16.0 Å². The molecule has 7 heteroatoms. The van der Waals surface area contributed by atoms with E-state index in [1.54, 1.807) is 6.92 Å². The zero-order valence-corrected chi connectivity index (χ0v) is 14.3. The maximum atomic E-state index is 11.6. The molecule has 2 amide bonds. The third-order valence-electron chi connectivity index (χ3n) is 4.97. The number of rotatable bonds is 3. The number of anilines is 1. The van der Waals surface area contributed by atoms with Gasteiger partial charge in [0.15, 0.2) is 0 Å². The monoisotopic (exact) mass is 332 g/mol. The van der Waals surface area contributed by atoms with Crippen LogP contribution in [0.4, 0.5) is 15.3 Å². The van der Waals surface area contributed by atoms with Gasteiger partial charge in [0.1, 0.15) is 0 Å². The standard InChI is InChI=1S/C17H24N4O3/c1-4-18-15(22)24-16(23)20-10-11-5-6-13-12(9-11)17(2)7-8-19-14(17)21(13)3/h5-6,9,14,19H,4,7-8,10H2,1-3H3,(H,18,22)(H,20,23)/t14-,17+/m1/s1. The average molecular weight is 332 g/mol. The summed E-state index contributed by atoms with van der Waals surface area (Å²) in [5.74, 6) is 0. The number of nitrogens with one attached hydrogen (secondary N) is 3. The lowest BCUT2D eigenvalue weighted by atomic mass is 9.81. The molecule has 0 radical (unpaired) electrons. The molecule has 3 rings (SSSR count). The quantitative estimate of drug-likeness (QED) is 0.734. The summed E-state index contributed by atoms with van der Waals surface area (Å²) in [4.78, 5) is 25.1. The van der Waals surface area contributed by atoms with Gasteiger partial charge in [-0.05, 0) is 37.1 Å². The first-order valence-electron chi connectivity index (χ1n) is 8.29. The fraction of sp³-hybridized carbons (Fsp3) is 0.529. The van der Waals surface area contributed by atoms with Crippen molar-refractivity contribution in [2.45, 2.75) is 38.4 Å². The molecule has 2 aliphatic rings. The maximum absolute atomic E-state index is 11.6. The van der Waals surface area contributed by atoms with Gasteiger partial charge in [0.25, 0.3) is 0 Å². The van der Waals surface area contributed by atoms with Crippen LogP contribution in [0.5, 0.6) is 0 Å². The van der Waals surface area contributed by atoms with Crippen molar-refractivity contribution in [3.05, 3.63) is 29.3 Å². The Morgan fingerprint density at radius 2 is 2.12 bits per heavy atom. The van der Waals surface area contributed by atoms with E-state index in [0.29, 0.717) is 19.3 Å². The lowest BCUT2D eigenvalue weighted by Gasteiger charge is -2.27. The number of carbonyl (C=O) groups is 2. The molecule has 2 heterocycles. The Labute approximate surface area is 141 Å². The molecular formula is C17H24N4O3. The number of ether oxygens (including phenoxy) is 1. The first-order valence-corrected chi connectivity index (χ1v) is 8.29. The van der Waals surface area contributed by atoms with Crippen LogP contribution in [0.25, 0.3) is 0 Å². The van der Waals surface area contributed by atoms with Gasteiger partial charge in [0, 0.05) is 31.2 Å². The molecule has 2 aliphatic heterocycles. The Morgan fingerprint density at radius 3 is 2.88 bits per heavy atom. The molecule has 24 heavy (non-hydrogen) atoms. The Kier molecular flexibility index (Phi) is 4.36. The van der Waals surface area contributed by atoms with Gasteiger partial charge >= 0.3 is 12.2 Å². The Hall–Kier alpha value is -2.28. The van der Waals surface area contributed by atoms with E-state index in [1.165, 1.54) is 11.3 Å². The highest BCUT2D eigenvalue weighted by Gasteiger charge is 2.49. The summed E-state index contributed by atoms with van der Waals surface area (Å²) in [5.41, 5.74) is 3.60. The molecule has 0 spiro atoms. The number of benzene rings is 1. The van der Waals surface area contributed by atoms with E-state index in [4.69, 9.17) is 0 Å². The fourth-order valence-corrected chi connectivity index (χ4v) is 3.75. The SMILES string of the molecule is CCNC(=O)OC(=O)NCc1ccc2c(c1)[C@]1(C)CCN[C@@H]1N2C. The summed E-state index contributed by atoms with van der Waals surface area (Å²) in [6, 6.07) is 6.23. The molecule has 1 fully saturated rings. The third-order valence-corrected chi connectivity index (χ3v) is 4.97. The first-order chi connectivity index (χ1) is 11.5. The van der Waals surface area contributed by atoms with E-state index in [0.717, 1.165) is 18.5 Å². The summed E-state index contributed by atoms with van der Waals surface area (Å²) in [6.45, 7) is 5.78. The van der Waals surface area contributed by atoms with Crippen molar-refractivity contribution in [3.8, 4) is 0 Å². The van der Waals surface area contributed by atoms with E-state index in [-0.39, 0.29) is 5.41 Å². The summed E-state index contributed by atoms with van der Waals surface area (Å²) in [7, 11) is 2.11. The summed E-state index contributed by atoms with van der Waals surface area (Å²) in [5, 5.41) is 8.57. The molecule has 1 aromatic carbocycles. The van der Waals surface area contributed by atoms with Crippen LogP contribution in [-0.4, -0.2) is 38.5 Å². The van der Waals surface area contributed by atoms with E-state index in [9.17, 15) is 9.59 Å². The van der Waals surface area contributed by atoms with E-state index in [2.05, 4.69) is 51.7 Å². The molecule has 0 aromatic heterocycles. The number of alkyl carbamates (subject to hydrolysis) is 2. The van der Waals surface area contributed by atoms with Crippen LogP contribution >= 0.6 is 0 Å². The molecule has 0 unspecified atom stereocenters. The summed E-state index contributed by atoms with van der Waals surface area (Å²) < 4.78 is 4.59. The highest BCUT2D eigenvalue weighted by molar-refractivity contribution is 5.83. The van der Waals surface area contributed by atoms with Gasteiger partial charge in [0.05, 0.1) is 6.17 Å². The highest BCUT2D eigenvalue weighted by atomic mass is 16.6. The smallest absolute Gasteiger partial charge is 0.359 e.